The van der Waals surface area contributed by atoms with E-state index in [2.05, 4.69) is 6.07 Å². The van der Waals surface area contributed by atoms with Crippen LogP contribution in [0.3, 0.4) is 0 Å². The SMILES string of the molecule is N#Cc1cccc([C@@H](N)c2cccs2)c1. The van der Waals surface area contributed by atoms with Crippen molar-refractivity contribution < 1.29 is 0 Å². The molecule has 1 aromatic carbocycles. The Labute approximate surface area is 92.6 Å². The van der Waals surface area contributed by atoms with Gasteiger partial charge in [0.25, 0.3) is 0 Å². The van der Waals surface area contributed by atoms with Gasteiger partial charge in [0.2, 0.25) is 0 Å². The van der Waals surface area contributed by atoms with Gasteiger partial charge in [-0.1, -0.05) is 18.2 Å². The van der Waals surface area contributed by atoms with Crippen LogP contribution in [0.4, 0.5) is 0 Å². The van der Waals surface area contributed by atoms with Crippen LogP contribution in [0.25, 0.3) is 0 Å². The summed E-state index contributed by atoms with van der Waals surface area (Å²) in [6, 6.07) is 13.4. The molecule has 0 saturated heterocycles. The molecule has 0 spiro atoms. The average Bonchev–Trinajstić information content (AvgIpc) is 2.81. The normalized spacial score (nSPS) is 12.0. The molecule has 1 heterocycles. The van der Waals surface area contributed by atoms with Crippen LogP contribution in [0.1, 0.15) is 22.0 Å². The molecule has 0 amide bonds. The Morgan fingerprint density at radius 3 is 2.80 bits per heavy atom. The van der Waals surface area contributed by atoms with E-state index in [0.717, 1.165) is 10.4 Å². The molecule has 2 aromatic rings. The second-order valence-corrected chi connectivity index (χ2v) is 4.21. The quantitative estimate of drug-likeness (QED) is 0.835. The highest BCUT2D eigenvalue weighted by atomic mass is 32.1. The zero-order chi connectivity index (χ0) is 10.7. The summed E-state index contributed by atoms with van der Waals surface area (Å²) in [7, 11) is 0. The van der Waals surface area contributed by atoms with Crippen LogP contribution in [-0.4, -0.2) is 0 Å². The summed E-state index contributed by atoms with van der Waals surface area (Å²) in [5, 5.41) is 10.8. The van der Waals surface area contributed by atoms with Crippen molar-refractivity contribution in [1.29, 1.82) is 5.26 Å². The van der Waals surface area contributed by atoms with Gasteiger partial charge in [0.1, 0.15) is 0 Å². The molecule has 0 bridgehead atoms. The minimum atomic E-state index is -0.127. The summed E-state index contributed by atoms with van der Waals surface area (Å²) in [6.45, 7) is 0. The monoisotopic (exact) mass is 214 g/mol. The fourth-order valence-corrected chi connectivity index (χ4v) is 2.19. The molecule has 0 fully saturated rings. The Balaban J connectivity index is 2.34. The van der Waals surface area contributed by atoms with Gasteiger partial charge in [-0.2, -0.15) is 5.26 Å². The molecular formula is C12H10N2S. The van der Waals surface area contributed by atoms with Crippen molar-refractivity contribution in [3.8, 4) is 6.07 Å². The minimum absolute atomic E-state index is 0.127. The Kier molecular flexibility index (Phi) is 2.82. The van der Waals surface area contributed by atoms with Gasteiger partial charge < -0.3 is 5.73 Å². The molecule has 2 nitrogen and oxygen atoms in total. The standard InChI is InChI=1S/C12H10N2S/c13-8-9-3-1-4-10(7-9)12(14)11-5-2-6-15-11/h1-7,12H,14H2/t12-/m1/s1. The molecule has 2 rings (SSSR count). The topological polar surface area (TPSA) is 49.8 Å². The van der Waals surface area contributed by atoms with E-state index in [4.69, 9.17) is 11.0 Å². The summed E-state index contributed by atoms with van der Waals surface area (Å²) in [5.74, 6) is 0. The lowest BCUT2D eigenvalue weighted by atomic mass is 10.0. The Hall–Kier alpha value is -1.63. The van der Waals surface area contributed by atoms with E-state index in [1.165, 1.54) is 0 Å². The van der Waals surface area contributed by atoms with Crippen LogP contribution in [0.15, 0.2) is 41.8 Å². The maximum atomic E-state index is 8.79. The first-order valence-corrected chi connectivity index (χ1v) is 5.48. The third kappa shape index (κ3) is 2.07. The van der Waals surface area contributed by atoms with Gasteiger partial charge in [0.15, 0.2) is 0 Å². The van der Waals surface area contributed by atoms with Gasteiger partial charge in [0, 0.05) is 4.88 Å². The van der Waals surface area contributed by atoms with Gasteiger partial charge in [-0.15, -0.1) is 11.3 Å². The summed E-state index contributed by atoms with van der Waals surface area (Å²) in [6.07, 6.45) is 0. The number of thiophene rings is 1. The molecule has 0 radical (unpaired) electrons. The van der Waals surface area contributed by atoms with E-state index >= 15 is 0 Å². The van der Waals surface area contributed by atoms with Crippen molar-refractivity contribution in [3.63, 3.8) is 0 Å². The third-order valence-electron chi connectivity index (χ3n) is 2.22. The van der Waals surface area contributed by atoms with Crippen LogP contribution in [0, 0.1) is 11.3 Å². The third-order valence-corrected chi connectivity index (χ3v) is 3.18. The summed E-state index contributed by atoms with van der Waals surface area (Å²) in [4.78, 5) is 1.12. The number of hydrogen-bond donors (Lipinski definition) is 1. The van der Waals surface area contributed by atoms with Crippen LogP contribution in [-0.2, 0) is 0 Å². The summed E-state index contributed by atoms with van der Waals surface area (Å²) in [5.41, 5.74) is 7.72. The van der Waals surface area contributed by atoms with Gasteiger partial charge >= 0.3 is 0 Å². The second-order valence-electron chi connectivity index (χ2n) is 3.23. The Morgan fingerprint density at radius 2 is 2.13 bits per heavy atom. The van der Waals surface area contributed by atoms with E-state index in [0.29, 0.717) is 5.56 Å². The van der Waals surface area contributed by atoms with Crippen molar-refractivity contribution in [1.82, 2.24) is 0 Å². The predicted molar refractivity (Wildman–Crippen MR) is 61.5 cm³/mol. The lowest BCUT2D eigenvalue weighted by molar-refractivity contribution is 0.893. The molecule has 2 N–H and O–H groups in total. The number of benzene rings is 1. The predicted octanol–water partition coefficient (Wildman–Crippen LogP) is 2.67. The molecule has 15 heavy (non-hydrogen) atoms. The van der Waals surface area contributed by atoms with E-state index in [1.54, 1.807) is 17.4 Å². The first kappa shape index (κ1) is 9.91. The van der Waals surface area contributed by atoms with Crippen molar-refractivity contribution in [3.05, 3.63) is 57.8 Å². The maximum absolute atomic E-state index is 8.79. The fourth-order valence-electron chi connectivity index (χ4n) is 1.43. The van der Waals surface area contributed by atoms with Crippen molar-refractivity contribution in [2.75, 3.05) is 0 Å². The molecule has 0 saturated carbocycles. The minimum Gasteiger partial charge on any atom is -0.320 e. The number of nitriles is 1. The van der Waals surface area contributed by atoms with Gasteiger partial charge in [-0.25, -0.2) is 0 Å². The van der Waals surface area contributed by atoms with E-state index < -0.39 is 0 Å². The molecule has 3 heteroatoms. The number of nitrogens with zero attached hydrogens (tertiary/aromatic N) is 1. The molecule has 0 aliphatic rings. The number of rotatable bonds is 2. The zero-order valence-electron chi connectivity index (χ0n) is 8.05. The number of hydrogen-bond acceptors (Lipinski definition) is 3. The molecular weight excluding hydrogens is 204 g/mol. The largest absolute Gasteiger partial charge is 0.320 e. The highest BCUT2D eigenvalue weighted by Crippen LogP contribution is 2.23. The van der Waals surface area contributed by atoms with Crippen LogP contribution in [0.5, 0.6) is 0 Å². The smallest absolute Gasteiger partial charge is 0.0991 e. The Morgan fingerprint density at radius 1 is 1.27 bits per heavy atom. The van der Waals surface area contributed by atoms with Gasteiger partial charge in [-0.05, 0) is 29.1 Å². The fraction of sp³-hybridized carbons (Fsp3) is 0.0833. The van der Waals surface area contributed by atoms with Crippen LogP contribution >= 0.6 is 11.3 Å². The number of nitrogens with two attached hydrogens (primary N) is 1. The van der Waals surface area contributed by atoms with Crippen molar-refractivity contribution in [2.24, 2.45) is 5.73 Å². The highest BCUT2D eigenvalue weighted by molar-refractivity contribution is 7.10. The molecule has 74 valence electrons. The van der Waals surface area contributed by atoms with E-state index in [1.807, 2.05) is 35.7 Å². The van der Waals surface area contributed by atoms with Gasteiger partial charge in [0.05, 0.1) is 17.7 Å². The lowest BCUT2D eigenvalue weighted by Gasteiger charge is -2.09. The first-order valence-electron chi connectivity index (χ1n) is 4.60. The maximum Gasteiger partial charge on any atom is 0.0991 e. The van der Waals surface area contributed by atoms with E-state index in [9.17, 15) is 0 Å². The van der Waals surface area contributed by atoms with Crippen LogP contribution < -0.4 is 5.73 Å². The van der Waals surface area contributed by atoms with Gasteiger partial charge in [-0.3, -0.25) is 0 Å². The average molecular weight is 214 g/mol. The molecule has 0 aliphatic carbocycles. The van der Waals surface area contributed by atoms with Crippen LogP contribution in [0.2, 0.25) is 0 Å². The first-order chi connectivity index (χ1) is 7.31. The second kappa shape index (κ2) is 4.26. The molecule has 0 unspecified atom stereocenters. The molecule has 1 aromatic heterocycles. The molecule has 0 aliphatic heterocycles. The lowest BCUT2D eigenvalue weighted by Crippen LogP contribution is -2.10. The summed E-state index contributed by atoms with van der Waals surface area (Å²) < 4.78 is 0. The van der Waals surface area contributed by atoms with E-state index in [-0.39, 0.29) is 6.04 Å². The Bertz CT molecular complexity index is 483. The zero-order valence-corrected chi connectivity index (χ0v) is 8.87. The summed E-state index contributed by atoms with van der Waals surface area (Å²) >= 11 is 1.63. The van der Waals surface area contributed by atoms with Crippen molar-refractivity contribution >= 4 is 11.3 Å². The van der Waals surface area contributed by atoms with Crippen molar-refractivity contribution in [2.45, 2.75) is 6.04 Å². The molecule has 1 atom stereocenters. The highest BCUT2D eigenvalue weighted by Gasteiger charge is 2.09.